The van der Waals surface area contributed by atoms with Gasteiger partial charge in [0.2, 0.25) is 0 Å². The molecule has 1 aliphatic rings. The summed E-state index contributed by atoms with van der Waals surface area (Å²) in [6.45, 7) is 5.79. The quantitative estimate of drug-likeness (QED) is 0.737. The third-order valence-electron chi connectivity index (χ3n) is 2.99. The molecule has 0 amide bonds. The summed E-state index contributed by atoms with van der Waals surface area (Å²) in [6.07, 6.45) is 3.04. The fourth-order valence-electron chi connectivity index (χ4n) is 1.91. The number of ketones is 1. The SMILES string of the molecule is CC[C@@H](CO)N=CC1=C(O)CC(C)(C)CC1=O. The lowest BCUT2D eigenvalue weighted by Gasteiger charge is -2.28. The minimum atomic E-state index is -0.196. The molecule has 1 atom stereocenters. The molecule has 1 aliphatic carbocycles. The van der Waals surface area contributed by atoms with Crippen LogP contribution < -0.4 is 0 Å². The second-order valence-corrected chi connectivity index (χ2v) is 5.32. The average Bonchev–Trinajstić information content (AvgIpc) is 2.21. The second kappa shape index (κ2) is 5.45. The molecule has 4 nitrogen and oxygen atoms in total. The lowest BCUT2D eigenvalue weighted by atomic mass is 9.77. The standard InChI is InChI=1S/C13H21NO3/c1-4-9(8-15)14-7-10-11(16)5-13(2,3)6-12(10)17/h7,9,15-16H,4-6,8H2,1-3H3/t9-/m0/s1. The van der Waals surface area contributed by atoms with E-state index in [1.54, 1.807) is 0 Å². The molecule has 0 unspecified atom stereocenters. The third kappa shape index (κ3) is 3.66. The van der Waals surface area contributed by atoms with E-state index in [1.165, 1.54) is 6.21 Å². The number of nitrogens with zero attached hydrogens (tertiary/aromatic N) is 1. The van der Waals surface area contributed by atoms with Crippen molar-refractivity contribution >= 4 is 12.0 Å². The van der Waals surface area contributed by atoms with E-state index in [1.807, 2.05) is 20.8 Å². The lowest BCUT2D eigenvalue weighted by Crippen LogP contribution is -2.26. The van der Waals surface area contributed by atoms with E-state index in [2.05, 4.69) is 4.99 Å². The summed E-state index contributed by atoms with van der Waals surface area (Å²) in [7, 11) is 0. The highest BCUT2D eigenvalue weighted by atomic mass is 16.3. The molecule has 17 heavy (non-hydrogen) atoms. The van der Waals surface area contributed by atoms with E-state index < -0.39 is 0 Å². The van der Waals surface area contributed by atoms with Gasteiger partial charge in [0.05, 0.1) is 18.2 Å². The van der Waals surface area contributed by atoms with Crippen LogP contribution in [-0.2, 0) is 4.79 Å². The molecule has 0 aliphatic heterocycles. The first-order chi connectivity index (χ1) is 7.89. The van der Waals surface area contributed by atoms with Crippen molar-refractivity contribution in [3.05, 3.63) is 11.3 Å². The van der Waals surface area contributed by atoms with Crippen LogP contribution in [0.1, 0.15) is 40.0 Å². The summed E-state index contributed by atoms with van der Waals surface area (Å²) in [4.78, 5) is 16.0. The lowest BCUT2D eigenvalue weighted by molar-refractivity contribution is -0.117. The van der Waals surface area contributed by atoms with Gasteiger partial charge in [-0.2, -0.15) is 0 Å². The summed E-state index contributed by atoms with van der Waals surface area (Å²) < 4.78 is 0. The van der Waals surface area contributed by atoms with E-state index in [4.69, 9.17) is 5.11 Å². The maximum absolute atomic E-state index is 11.8. The highest BCUT2D eigenvalue weighted by Crippen LogP contribution is 2.35. The maximum atomic E-state index is 11.8. The number of hydrogen-bond donors (Lipinski definition) is 2. The molecule has 4 heteroatoms. The normalized spacial score (nSPS) is 22.2. The predicted molar refractivity (Wildman–Crippen MR) is 67.3 cm³/mol. The molecule has 0 aromatic rings. The summed E-state index contributed by atoms with van der Waals surface area (Å²) >= 11 is 0. The molecule has 0 radical (unpaired) electrons. The average molecular weight is 239 g/mol. The molecule has 0 spiro atoms. The van der Waals surface area contributed by atoms with E-state index in [9.17, 15) is 9.90 Å². The van der Waals surface area contributed by atoms with Crippen LogP contribution in [0, 0.1) is 5.41 Å². The Morgan fingerprint density at radius 1 is 1.47 bits per heavy atom. The van der Waals surface area contributed by atoms with Gasteiger partial charge in [0.15, 0.2) is 5.78 Å². The predicted octanol–water partition coefficient (Wildman–Crippen LogP) is 2.03. The first kappa shape index (κ1) is 13.9. The molecule has 0 saturated carbocycles. The van der Waals surface area contributed by atoms with Gasteiger partial charge in [0.25, 0.3) is 0 Å². The number of allylic oxidation sites excluding steroid dienone is 2. The van der Waals surface area contributed by atoms with Gasteiger partial charge in [0.1, 0.15) is 5.76 Å². The van der Waals surface area contributed by atoms with Crippen LogP contribution in [0.5, 0.6) is 0 Å². The first-order valence-electron chi connectivity index (χ1n) is 5.99. The Balaban J connectivity index is 2.86. The Hall–Kier alpha value is -1.16. The van der Waals surface area contributed by atoms with E-state index in [0.717, 1.165) is 0 Å². The van der Waals surface area contributed by atoms with Crippen LogP contribution in [0.15, 0.2) is 16.3 Å². The monoisotopic (exact) mass is 239 g/mol. The number of carbonyl (C=O) groups is 1. The van der Waals surface area contributed by atoms with Gasteiger partial charge in [-0.1, -0.05) is 20.8 Å². The molecule has 0 saturated heterocycles. The zero-order valence-corrected chi connectivity index (χ0v) is 10.7. The Morgan fingerprint density at radius 2 is 2.12 bits per heavy atom. The number of aliphatic hydroxyl groups is 2. The van der Waals surface area contributed by atoms with Crippen molar-refractivity contribution in [3.8, 4) is 0 Å². The van der Waals surface area contributed by atoms with Gasteiger partial charge in [-0.05, 0) is 11.8 Å². The van der Waals surface area contributed by atoms with Crippen molar-refractivity contribution < 1.29 is 15.0 Å². The topological polar surface area (TPSA) is 69.9 Å². The Morgan fingerprint density at radius 3 is 2.59 bits per heavy atom. The van der Waals surface area contributed by atoms with Crippen molar-refractivity contribution in [2.75, 3.05) is 6.61 Å². The third-order valence-corrected chi connectivity index (χ3v) is 2.99. The van der Waals surface area contributed by atoms with Gasteiger partial charge < -0.3 is 10.2 Å². The van der Waals surface area contributed by atoms with Gasteiger partial charge in [-0.25, -0.2) is 0 Å². The molecule has 2 N–H and O–H groups in total. The van der Waals surface area contributed by atoms with Crippen LogP contribution >= 0.6 is 0 Å². The van der Waals surface area contributed by atoms with Crippen molar-refractivity contribution in [2.24, 2.45) is 10.4 Å². The van der Waals surface area contributed by atoms with Crippen molar-refractivity contribution in [1.29, 1.82) is 0 Å². The van der Waals surface area contributed by atoms with E-state index >= 15 is 0 Å². The molecule has 0 aromatic heterocycles. The van der Waals surface area contributed by atoms with Crippen LogP contribution in [0.2, 0.25) is 0 Å². The van der Waals surface area contributed by atoms with Gasteiger partial charge in [-0.3, -0.25) is 9.79 Å². The minimum Gasteiger partial charge on any atom is -0.511 e. The number of aliphatic imine (C=N–C) groups is 1. The summed E-state index contributed by atoms with van der Waals surface area (Å²) in [5.41, 5.74) is 0.121. The fraction of sp³-hybridized carbons (Fsp3) is 0.692. The highest BCUT2D eigenvalue weighted by Gasteiger charge is 2.32. The number of aliphatic hydroxyl groups excluding tert-OH is 2. The largest absolute Gasteiger partial charge is 0.511 e. The fourth-order valence-corrected chi connectivity index (χ4v) is 1.91. The molecule has 0 fully saturated rings. The van der Waals surface area contributed by atoms with E-state index in [0.29, 0.717) is 24.8 Å². The number of carbonyl (C=O) groups excluding carboxylic acids is 1. The number of Topliss-reactive ketones (excluding diaryl/α,β-unsaturated/α-hetero) is 1. The Kier molecular flexibility index (Phi) is 4.46. The van der Waals surface area contributed by atoms with Crippen molar-refractivity contribution in [2.45, 2.75) is 46.1 Å². The van der Waals surface area contributed by atoms with Crippen LogP contribution in [-0.4, -0.2) is 34.9 Å². The molecule has 0 heterocycles. The van der Waals surface area contributed by atoms with Crippen molar-refractivity contribution in [1.82, 2.24) is 0 Å². The van der Waals surface area contributed by atoms with Crippen LogP contribution in [0.25, 0.3) is 0 Å². The molecular weight excluding hydrogens is 218 g/mol. The molecule has 0 bridgehead atoms. The maximum Gasteiger partial charge on any atom is 0.168 e. The van der Waals surface area contributed by atoms with Gasteiger partial charge >= 0.3 is 0 Å². The number of rotatable bonds is 4. The summed E-state index contributed by atoms with van der Waals surface area (Å²) in [5, 5.41) is 18.8. The van der Waals surface area contributed by atoms with Crippen LogP contribution in [0.3, 0.4) is 0 Å². The Labute approximate surface area is 102 Å². The summed E-state index contributed by atoms with van der Waals surface area (Å²) in [6, 6.07) is -0.196. The summed E-state index contributed by atoms with van der Waals surface area (Å²) in [5.74, 6) is 0.0399. The smallest absolute Gasteiger partial charge is 0.168 e. The van der Waals surface area contributed by atoms with Gasteiger partial charge in [0, 0.05) is 19.1 Å². The van der Waals surface area contributed by atoms with Crippen LogP contribution in [0.4, 0.5) is 0 Å². The number of hydrogen-bond acceptors (Lipinski definition) is 4. The minimum absolute atomic E-state index is 0.0409. The molecule has 0 aromatic carbocycles. The highest BCUT2D eigenvalue weighted by molar-refractivity contribution is 6.14. The molecule has 96 valence electrons. The van der Waals surface area contributed by atoms with Crippen molar-refractivity contribution in [3.63, 3.8) is 0 Å². The second-order valence-electron chi connectivity index (χ2n) is 5.32. The Bertz CT molecular complexity index is 352. The van der Waals surface area contributed by atoms with E-state index in [-0.39, 0.29) is 29.6 Å². The zero-order chi connectivity index (χ0) is 13.1. The molecule has 1 rings (SSSR count). The molecular formula is C13H21NO3. The first-order valence-corrected chi connectivity index (χ1v) is 5.99. The zero-order valence-electron chi connectivity index (χ0n) is 10.7. The van der Waals surface area contributed by atoms with Gasteiger partial charge in [-0.15, -0.1) is 0 Å².